The fourth-order valence-electron chi connectivity index (χ4n) is 3.04. The number of nitrogens with one attached hydrogen (secondary N) is 2. The third-order valence-corrected chi connectivity index (χ3v) is 4.61. The molecule has 0 radical (unpaired) electrons. The lowest BCUT2D eigenvalue weighted by Crippen LogP contribution is -2.45. The molecule has 2 aromatic carbocycles. The number of fused-ring (bicyclic) bond motifs is 1. The highest BCUT2D eigenvalue weighted by Crippen LogP contribution is 2.22. The number of amides is 1. The van der Waals surface area contributed by atoms with E-state index in [1.54, 1.807) is 40.9 Å². The van der Waals surface area contributed by atoms with Gasteiger partial charge in [0.15, 0.2) is 5.65 Å². The van der Waals surface area contributed by atoms with Crippen LogP contribution >= 0.6 is 0 Å². The molecular formula is C23H23FN6O. The van der Waals surface area contributed by atoms with Crippen molar-refractivity contribution in [2.24, 2.45) is 5.73 Å². The number of hydrogen-bond acceptors (Lipinski definition) is 5. The van der Waals surface area contributed by atoms with Gasteiger partial charge < -0.3 is 16.4 Å². The van der Waals surface area contributed by atoms with E-state index < -0.39 is 5.54 Å². The van der Waals surface area contributed by atoms with Crippen LogP contribution in [-0.4, -0.2) is 32.6 Å². The Morgan fingerprint density at radius 1 is 1.06 bits per heavy atom. The molecule has 31 heavy (non-hydrogen) atoms. The van der Waals surface area contributed by atoms with E-state index in [1.807, 2.05) is 32.0 Å². The second kappa shape index (κ2) is 8.16. The summed E-state index contributed by atoms with van der Waals surface area (Å²) < 4.78 is 15.0. The number of aromatic nitrogens is 3. The van der Waals surface area contributed by atoms with Crippen molar-refractivity contribution in [2.75, 3.05) is 11.9 Å². The van der Waals surface area contributed by atoms with Crippen molar-refractivity contribution < 1.29 is 9.18 Å². The lowest BCUT2D eigenvalue weighted by molar-refractivity contribution is 0.0946. The van der Waals surface area contributed by atoms with Crippen LogP contribution in [0.1, 0.15) is 24.2 Å². The molecule has 0 atom stereocenters. The fourth-order valence-corrected chi connectivity index (χ4v) is 3.04. The number of hydrogen-bond donors (Lipinski definition) is 3. The van der Waals surface area contributed by atoms with E-state index in [4.69, 9.17) is 5.73 Å². The Hall–Kier alpha value is -3.78. The second-order valence-electron chi connectivity index (χ2n) is 8.00. The monoisotopic (exact) mass is 418 g/mol. The maximum absolute atomic E-state index is 13.3. The molecule has 2 heterocycles. The van der Waals surface area contributed by atoms with Crippen LogP contribution < -0.4 is 16.4 Å². The summed E-state index contributed by atoms with van der Waals surface area (Å²) in [6, 6.07) is 18.9. The molecule has 0 fully saturated rings. The number of carbonyl (C=O) groups excluding carboxylic acids is 1. The molecular weight excluding hydrogens is 395 g/mol. The zero-order valence-electron chi connectivity index (χ0n) is 17.3. The minimum atomic E-state index is -0.473. The molecule has 2 aromatic heterocycles. The summed E-state index contributed by atoms with van der Waals surface area (Å²) in [6.07, 6.45) is 0. The van der Waals surface area contributed by atoms with E-state index >= 15 is 0 Å². The Balaban J connectivity index is 1.52. The first-order chi connectivity index (χ1) is 14.8. The van der Waals surface area contributed by atoms with E-state index in [0.717, 1.165) is 16.9 Å². The van der Waals surface area contributed by atoms with Crippen LogP contribution in [0.3, 0.4) is 0 Å². The van der Waals surface area contributed by atoms with Crippen LogP contribution in [0, 0.1) is 5.82 Å². The number of benzene rings is 2. The van der Waals surface area contributed by atoms with Gasteiger partial charge in [-0.1, -0.05) is 6.07 Å². The van der Waals surface area contributed by atoms with Crippen LogP contribution in [0.2, 0.25) is 0 Å². The standard InChI is InChI=1S/C23H23FN6O/c1-23(2,25)14-26-21(31)16-8-12-18(13-9-16)27-22-28-20-5-3-4-19(30(20)29-22)15-6-10-17(24)11-7-15/h3-13H,14,25H2,1-2H3,(H,26,31)(H,27,29). The molecule has 0 saturated carbocycles. The van der Waals surface area contributed by atoms with Crippen LogP contribution in [0.25, 0.3) is 16.9 Å². The summed E-state index contributed by atoms with van der Waals surface area (Å²) in [5.41, 5.74) is 9.00. The lowest BCUT2D eigenvalue weighted by Gasteiger charge is -2.18. The van der Waals surface area contributed by atoms with Gasteiger partial charge in [-0.2, -0.15) is 4.98 Å². The van der Waals surface area contributed by atoms with Gasteiger partial charge in [-0.3, -0.25) is 4.79 Å². The minimum absolute atomic E-state index is 0.181. The summed E-state index contributed by atoms with van der Waals surface area (Å²) in [4.78, 5) is 16.7. The molecule has 0 saturated heterocycles. The van der Waals surface area contributed by atoms with Gasteiger partial charge in [-0.15, -0.1) is 5.10 Å². The first-order valence-electron chi connectivity index (χ1n) is 9.84. The topological polar surface area (TPSA) is 97.3 Å². The van der Waals surface area contributed by atoms with E-state index in [2.05, 4.69) is 20.7 Å². The molecule has 4 rings (SSSR count). The van der Waals surface area contributed by atoms with E-state index in [9.17, 15) is 9.18 Å². The molecule has 0 spiro atoms. The number of halogens is 1. The highest BCUT2D eigenvalue weighted by molar-refractivity contribution is 5.94. The Kier molecular flexibility index (Phi) is 5.39. The average Bonchev–Trinajstić information content (AvgIpc) is 3.15. The summed E-state index contributed by atoms with van der Waals surface area (Å²) in [5, 5.41) is 10.5. The van der Waals surface area contributed by atoms with Crippen molar-refractivity contribution in [3.8, 4) is 11.3 Å². The smallest absolute Gasteiger partial charge is 0.251 e. The van der Waals surface area contributed by atoms with E-state index in [0.29, 0.717) is 23.7 Å². The zero-order valence-corrected chi connectivity index (χ0v) is 17.3. The van der Waals surface area contributed by atoms with Crippen molar-refractivity contribution in [2.45, 2.75) is 19.4 Å². The largest absolute Gasteiger partial charge is 0.350 e. The van der Waals surface area contributed by atoms with Crippen LogP contribution in [-0.2, 0) is 0 Å². The normalized spacial score (nSPS) is 11.5. The summed E-state index contributed by atoms with van der Waals surface area (Å²) >= 11 is 0. The third-order valence-electron chi connectivity index (χ3n) is 4.61. The van der Waals surface area contributed by atoms with E-state index in [-0.39, 0.29) is 11.7 Å². The van der Waals surface area contributed by atoms with Gasteiger partial charge >= 0.3 is 0 Å². The highest BCUT2D eigenvalue weighted by atomic mass is 19.1. The van der Waals surface area contributed by atoms with Crippen molar-refractivity contribution in [3.05, 3.63) is 78.1 Å². The molecule has 4 aromatic rings. The molecule has 7 nitrogen and oxygen atoms in total. The molecule has 0 aliphatic heterocycles. The van der Waals surface area contributed by atoms with Crippen molar-refractivity contribution >= 4 is 23.2 Å². The third kappa shape index (κ3) is 4.87. The fraction of sp³-hybridized carbons (Fsp3) is 0.174. The zero-order chi connectivity index (χ0) is 22.0. The average molecular weight is 418 g/mol. The van der Waals surface area contributed by atoms with Crippen LogP contribution in [0.4, 0.5) is 16.0 Å². The number of rotatable bonds is 6. The molecule has 8 heteroatoms. The lowest BCUT2D eigenvalue weighted by atomic mass is 10.1. The number of nitrogens with two attached hydrogens (primary N) is 1. The van der Waals surface area contributed by atoms with Gasteiger partial charge in [0, 0.05) is 28.9 Å². The van der Waals surface area contributed by atoms with Gasteiger partial charge in [0.1, 0.15) is 5.82 Å². The predicted molar refractivity (Wildman–Crippen MR) is 119 cm³/mol. The van der Waals surface area contributed by atoms with Gasteiger partial charge in [0.25, 0.3) is 5.91 Å². The molecule has 0 unspecified atom stereocenters. The number of pyridine rings is 1. The molecule has 1 amide bonds. The number of nitrogens with zero attached hydrogens (tertiary/aromatic N) is 3. The van der Waals surface area contributed by atoms with Crippen LogP contribution in [0.15, 0.2) is 66.7 Å². The maximum Gasteiger partial charge on any atom is 0.251 e. The summed E-state index contributed by atoms with van der Waals surface area (Å²) in [5.74, 6) is -0.0581. The van der Waals surface area contributed by atoms with Crippen molar-refractivity contribution in [1.82, 2.24) is 19.9 Å². The van der Waals surface area contributed by atoms with Gasteiger partial charge in [0.05, 0.1) is 5.69 Å². The molecule has 4 N–H and O–H groups in total. The SMILES string of the molecule is CC(C)(N)CNC(=O)c1ccc(Nc2nc3cccc(-c4ccc(F)cc4)n3n2)cc1. The quantitative estimate of drug-likeness (QED) is 0.443. The molecule has 0 bridgehead atoms. The summed E-state index contributed by atoms with van der Waals surface area (Å²) in [6.45, 7) is 4.08. The Labute approximate surface area is 179 Å². The number of carbonyl (C=O) groups is 1. The van der Waals surface area contributed by atoms with Crippen molar-refractivity contribution in [3.63, 3.8) is 0 Å². The number of anilines is 2. The van der Waals surface area contributed by atoms with Gasteiger partial charge in [0.2, 0.25) is 5.95 Å². The Morgan fingerprint density at radius 2 is 1.77 bits per heavy atom. The van der Waals surface area contributed by atoms with E-state index in [1.165, 1.54) is 12.1 Å². The Morgan fingerprint density at radius 3 is 2.45 bits per heavy atom. The first kappa shape index (κ1) is 20.5. The predicted octanol–water partition coefficient (Wildman–Crippen LogP) is 3.75. The van der Waals surface area contributed by atoms with Gasteiger partial charge in [-0.05, 0) is 74.5 Å². The molecule has 158 valence electrons. The van der Waals surface area contributed by atoms with Crippen LogP contribution in [0.5, 0.6) is 0 Å². The highest BCUT2D eigenvalue weighted by Gasteiger charge is 2.14. The maximum atomic E-state index is 13.3. The molecule has 0 aliphatic rings. The van der Waals surface area contributed by atoms with Crippen molar-refractivity contribution in [1.29, 1.82) is 0 Å². The minimum Gasteiger partial charge on any atom is -0.350 e. The summed E-state index contributed by atoms with van der Waals surface area (Å²) in [7, 11) is 0. The Bertz CT molecular complexity index is 1210. The second-order valence-corrected chi connectivity index (χ2v) is 8.00. The molecule has 0 aliphatic carbocycles. The first-order valence-corrected chi connectivity index (χ1v) is 9.84. The van der Waals surface area contributed by atoms with Gasteiger partial charge in [-0.25, -0.2) is 8.91 Å².